The zero-order valence-corrected chi connectivity index (χ0v) is 7.75. The van der Waals surface area contributed by atoms with E-state index in [1.807, 2.05) is 0 Å². The molecule has 1 rings (SSSR count). The second kappa shape index (κ2) is 4.66. The summed E-state index contributed by atoms with van der Waals surface area (Å²) in [5.41, 5.74) is 10.5. The van der Waals surface area contributed by atoms with Crippen LogP contribution in [0.3, 0.4) is 0 Å². The summed E-state index contributed by atoms with van der Waals surface area (Å²) >= 11 is 1.38. The van der Waals surface area contributed by atoms with Gasteiger partial charge in [0, 0.05) is 24.6 Å². The predicted octanol–water partition coefficient (Wildman–Crippen LogP) is 0.0263. The van der Waals surface area contributed by atoms with Crippen LogP contribution in [0.1, 0.15) is 6.42 Å². The maximum atomic E-state index is 10.4. The summed E-state index contributed by atoms with van der Waals surface area (Å²) in [5, 5.41) is 0.642. The number of aromatic nitrogens is 2. The minimum atomic E-state index is -0.324. The van der Waals surface area contributed by atoms with Crippen LogP contribution in [-0.4, -0.2) is 21.6 Å². The first-order valence-corrected chi connectivity index (χ1v) is 4.66. The molecule has 0 aliphatic carbocycles. The van der Waals surface area contributed by atoms with Crippen molar-refractivity contribution in [3.05, 3.63) is 12.4 Å². The lowest BCUT2D eigenvalue weighted by Crippen LogP contribution is -2.11. The lowest BCUT2D eigenvalue weighted by molar-refractivity contribution is -0.117. The molecule has 70 valence electrons. The van der Waals surface area contributed by atoms with E-state index in [-0.39, 0.29) is 5.91 Å². The fourth-order valence-electron chi connectivity index (χ4n) is 0.696. The van der Waals surface area contributed by atoms with Crippen LogP contribution < -0.4 is 11.5 Å². The molecule has 13 heavy (non-hydrogen) atoms. The molecular weight excluding hydrogens is 188 g/mol. The summed E-state index contributed by atoms with van der Waals surface area (Å²) in [6, 6.07) is 0. The number of hydrogen-bond acceptors (Lipinski definition) is 5. The van der Waals surface area contributed by atoms with Crippen LogP contribution in [0.2, 0.25) is 0 Å². The van der Waals surface area contributed by atoms with Gasteiger partial charge in [-0.2, -0.15) is 0 Å². The molecule has 4 N–H and O–H groups in total. The summed E-state index contributed by atoms with van der Waals surface area (Å²) in [7, 11) is 0. The van der Waals surface area contributed by atoms with Crippen molar-refractivity contribution in [1.82, 2.24) is 9.97 Å². The highest BCUT2D eigenvalue weighted by molar-refractivity contribution is 7.99. The van der Waals surface area contributed by atoms with Gasteiger partial charge in [0.1, 0.15) is 5.03 Å². The molecule has 0 spiro atoms. The number of nitrogens with zero attached hydrogens (tertiary/aromatic N) is 2. The quantitative estimate of drug-likeness (QED) is 0.665. The predicted molar refractivity (Wildman–Crippen MR) is 51.0 cm³/mol. The normalized spacial score (nSPS) is 9.85. The first kappa shape index (κ1) is 9.79. The van der Waals surface area contributed by atoms with Gasteiger partial charge in [-0.3, -0.25) is 4.79 Å². The first-order chi connectivity index (χ1) is 6.20. The largest absolute Gasteiger partial charge is 0.381 e. The molecule has 0 atom stereocenters. The molecule has 0 radical (unpaired) electrons. The summed E-state index contributed by atoms with van der Waals surface area (Å²) < 4.78 is 0. The zero-order valence-electron chi connectivity index (χ0n) is 6.93. The van der Waals surface area contributed by atoms with Gasteiger partial charge in [0.2, 0.25) is 5.91 Å². The van der Waals surface area contributed by atoms with Gasteiger partial charge in [-0.1, -0.05) is 0 Å². The Morgan fingerprint density at radius 2 is 2.15 bits per heavy atom. The number of rotatable bonds is 4. The Morgan fingerprint density at radius 1 is 1.46 bits per heavy atom. The summed E-state index contributed by atoms with van der Waals surface area (Å²) in [4.78, 5) is 18.3. The third-order valence-corrected chi connectivity index (χ3v) is 2.27. The molecular formula is C7H10N4OS. The minimum absolute atomic E-state index is 0.320. The van der Waals surface area contributed by atoms with E-state index in [2.05, 4.69) is 9.97 Å². The molecule has 1 heterocycles. The number of carbonyl (C=O) groups excluding carboxylic acids is 1. The highest BCUT2D eigenvalue weighted by Gasteiger charge is 2.02. The second-order valence-electron chi connectivity index (χ2n) is 2.31. The topological polar surface area (TPSA) is 94.9 Å². The van der Waals surface area contributed by atoms with Crippen molar-refractivity contribution in [2.75, 3.05) is 11.5 Å². The minimum Gasteiger partial charge on any atom is -0.381 e. The Hall–Kier alpha value is -1.30. The van der Waals surface area contributed by atoms with E-state index in [4.69, 9.17) is 11.5 Å². The highest BCUT2D eigenvalue weighted by atomic mass is 32.2. The third kappa shape index (κ3) is 3.29. The van der Waals surface area contributed by atoms with E-state index in [9.17, 15) is 4.79 Å². The van der Waals surface area contributed by atoms with Gasteiger partial charge >= 0.3 is 0 Å². The van der Waals surface area contributed by atoms with Gasteiger partial charge in [0.05, 0.1) is 0 Å². The van der Waals surface area contributed by atoms with Crippen molar-refractivity contribution in [3.8, 4) is 0 Å². The van der Waals surface area contributed by atoms with Crippen LogP contribution in [0.25, 0.3) is 0 Å². The number of hydrogen-bond donors (Lipinski definition) is 2. The van der Waals surface area contributed by atoms with E-state index >= 15 is 0 Å². The fraction of sp³-hybridized carbons (Fsp3) is 0.286. The number of nitrogens with two attached hydrogens (primary N) is 2. The molecule has 0 aliphatic rings. The van der Waals surface area contributed by atoms with Gasteiger partial charge in [-0.15, -0.1) is 11.8 Å². The summed E-state index contributed by atoms with van der Waals surface area (Å²) in [6.45, 7) is 0. The number of carbonyl (C=O) groups is 1. The SMILES string of the molecule is NC(=O)CCSc1nccnc1N. The Morgan fingerprint density at radius 3 is 2.77 bits per heavy atom. The zero-order chi connectivity index (χ0) is 9.68. The molecule has 0 saturated carbocycles. The van der Waals surface area contributed by atoms with Crippen molar-refractivity contribution in [2.24, 2.45) is 5.73 Å². The fourth-order valence-corrected chi connectivity index (χ4v) is 1.53. The van der Waals surface area contributed by atoms with Crippen molar-refractivity contribution >= 4 is 23.5 Å². The molecule has 0 bridgehead atoms. The van der Waals surface area contributed by atoms with Crippen molar-refractivity contribution in [1.29, 1.82) is 0 Å². The lowest BCUT2D eigenvalue weighted by atomic mass is 10.5. The van der Waals surface area contributed by atoms with Crippen LogP contribution in [0.5, 0.6) is 0 Å². The lowest BCUT2D eigenvalue weighted by Gasteiger charge is -2.00. The van der Waals surface area contributed by atoms with Crippen LogP contribution in [0, 0.1) is 0 Å². The van der Waals surface area contributed by atoms with E-state index < -0.39 is 0 Å². The van der Waals surface area contributed by atoms with Gasteiger partial charge < -0.3 is 11.5 Å². The average Bonchev–Trinajstić information content (AvgIpc) is 2.08. The van der Waals surface area contributed by atoms with Crippen LogP contribution in [-0.2, 0) is 4.79 Å². The maximum absolute atomic E-state index is 10.4. The van der Waals surface area contributed by atoms with Crippen LogP contribution in [0.4, 0.5) is 5.82 Å². The molecule has 0 saturated heterocycles. The highest BCUT2D eigenvalue weighted by Crippen LogP contribution is 2.19. The average molecular weight is 198 g/mol. The number of nitrogen functional groups attached to an aromatic ring is 1. The van der Waals surface area contributed by atoms with Crippen LogP contribution in [0.15, 0.2) is 17.4 Å². The second-order valence-corrected chi connectivity index (χ2v) is 3.40. The monoisotopic (exact) mass is 198 g/mol. The third-order valence-electron chi connectivity index (χ3n) is 1.28. The van der Waals surface area contributed by atoms with E-state index in [1.165, 1.54) is 18.0 Å². The number of amides is 1. The molecule has 6 heteroatoms. The van der Waals surface area contributed by atoms with Crippen LogP contribution >= 0.6 is 11.8 Å². The number of primary amides is 1. The van der Waals surface area contributed by atoms with Crippen molar-refractivity contribution in [3.63, 3.8) is 0 Å². The standard InChI is InChI=1S/C7H10N4OS/c8-5(12)1-4-13-7-6(9)10-2-3-11-7/h2-3H,1,4H2,(H2,8,12)(H2,9,10). The van der Waals surface area contributed by atoms with Gasteiger partial charge in [-0.25, -0.2) is 9.97 Å². The van der Waals surface area contributed by atoms with Gasteiger partial charge in [0.15, 0.2) is 5.82 Å². The summed E-state index contributed by atoms with van der Waals surface area (Å²) in [6.07, 6.45) is 3.40. The Labute approximate surface area is 79.9 Å². The van der Waals surface area contributed by atoms with Gasteiger partial charge in [0.25, 0.3) is 0 Å². The maximum Gasteiger partial charge on any atom is 0.218 e. The molecule has 5 nitrogen and oxygen atoms in total. The molecule has 1 aromatic rings. The summed E-state index contributed by atoms with van der Waals surface area (Å²) in [5.74, 6) is 0.644. The first-order valence-electron chi connectivity index (χ1n) is 3.67. The molecule has 0 aromatic carbocycles. The number of anilines is 1. The molecule has 0 fully saturated rings. The van der Waals surface area contributed by atoms with E-state index in [0.29, 0.717) is 23.0 Å². The molecule has 1 amide bonds. The Bertz CT molecular complexity index is 304. The molecule has 1 aromatic heterocycles. The smallest absolute Gasteiger partial charge is 0.218 e. The van der Waals surface area contributed by atoms with E-state index in [1.54, 1.807) is 6.20 Å². The Kier molecular flexibility index (Phi) is 3.51. The van der Waals surface area contributed by atoms with E-state index in [0.717, 1.165) is 0 Å². The molecule has 0 unspecified atom stereocenters. The Balaban J connectivity index is 2.45. The van der Waals surface area contributed by atoms with Gasteiger partial charge in [-0.05, 0) is 0 Å². The molecule has 0 aliphatic heterocycles. The number of thioether (sulfide) groups is 1. The van der Waals surface area contributed by atoms with Crippen molar-refractivity contribution in [2.45, 2.75) is 11.4 Å². The van der Waals surface area contributed by atoms with Crippen molar-refractivity contribution < 1.29 is 4.79 Å².